The Balaban J connectivity index is 1.62. The molecule has 1 aliphatic carbocycles. The Morgan fingerprint density at radius 3 is 2.63 bits per heavy atom. The number of hydrogen-bond acceptors (Lipinski definition) is 6. The largest absolute Gasteiger partial charge is 0.370 e. The summed E-state index contributed by atoms with van der Waals surface area (Å²) < 4.78 is 0. The molecule has 2 heterocycles. The summed E-state index contributed by atoms with van der Waals surface area (Å²) in [5.41, 5.74) is 14.4. The lowest BCUT2D eigenvalue weighted by molar-refractivity contribution is -0.125. The summed E-state index contributed by atoms with van der Waals surface area (Å²) in [6.07, 6.45) is 8.97. The van der Waals surface area contributed by atoms with Crippen molar-refractivity contribution in [2.24, 2.45) is 28.3 Å². The van der Waals surface area contributed by atoms with Crippen LogP contribution >= 0.6 is 0 Å². The lowest BCUT2D eigenvalue weighted by Gasteiger charge is -2.42. The molecule has 0 bridgehead atoms. The summed E-state index contributed by atoms with van der Waals surface area (Å²) in [5.74, 6) is 1.03. The molecule has 152 valence electrons. The van der Waals surface area contributed by atoms with E-state index in [4.69, 9.17) is 11.5 Å². The summed E-state index contributed by atoms with van der Waals surface area (Å²) in [4.78, 5) is 28.9. The van der Waals surface area contributed by atoms with Gasteiger partial charge in [-0.25, -0.2) is 15.4 Å². The highest BCUT2D eigenvalue weighted by atomic mass is 16.1. The highest BCUT2D eigenvalue weighted by Gasteiger charge is 2.40. The van der Waals surface area contributed by atoms with Crippen LogP contribution in [0.2, 0.25) is 0 Å². The van der Waals surface area contributed by atoms with Crippen molar-refractivity contribution in [3.05, 3.63) is 0 Å². The van der Waals surface area contributed by atoms with Gasteiger partial charge in [-0.1, -0.05) is 19.3 Å². The van der Waals surface area contributed by atoms with E-state index in [1.165, 1.54) is 19.3 Å². The Morgan fingerprint density at radius 1 is 1.19 bits per heavy atom. The van der Waals surface area contributed by atoms with E-state index in [-0.39, 0.29) is 23.8 Å². The van der Waals surface area contributed by atoms with Gasteiger partial charge in [0, 0.05) is 13.1 Å². The van der Waals surface area contributed by atoms with Crippen LogP contribution in [0.25, 0.3) is 0 Å². The smallest absolute Gasteiger partial charge is 0.186 e. The lowest BCUT2D eigenvalue weighted by Crippen LogP contribution is -2.55. The molecule has 8 heteroatoms. The molecule has 0 aromatic carbocycles. The lowest BCUT2D eigenvalue weighted by atomic mass is 9.70. The van der Waals surface area contributed by atoms with E-state index in [0.29, 0.717) is 24.7 Å². The second-order valence-corrected chi connectivity index (χ2v) is 8.19. The van der Waals surface area contributed by atoms with Gasteiger partial charge in [0.1, 0.15) is 12.3 Å². The topological polar surface area (TPSA) is 126 Å². The first kappa shape index (κ1) is 20.2. The van der Waals surface area contributed by atoms with E-state index >= 15 is 0 Å². The van der Waals surface area contributed by atoms with Crippen LogP contribution in [0.15, 0.2) is 4.99 Å². The van der Waals surface area contributed by atoms with E-state index in [1.54, 1.807) is 0 Å². The molecule has 0 spiro atoms. The molecule has 0 aromatic heterocycles. The van der Waals surface area contributed by atoms with Gasteiger partial charge in [-0.15, -0.1) is 0 Å². The zero-order valence-corrected chi connectivity index (χ0v) is 16.1. The Bertz CT molecular complexity index is 544. The molecule has 3 fully saturated rings. The van der Waals surface area contributed by atoms with Crippen molar-refractivity contribution in [2.75, 3.05) is 19.6 Å². The molecule has 4 unspecified atom stereocenters. The third-order valence-electron chi connectivity index (χ3n) is 6.34. The number of guanidine groups is 1. The maximum Gasteiger partial charge on any atom is 0.186 e. The number of fused-ring (bicyclic) bond motifs is 1. The Hall–Kier alpha value is -1.51. The van der Waals surface area contributed by atoms with Crippen LogP contribution in [-0.2, 0) is 9.59 Å². The molecule has 3 aliphatic rings. The van der Waals surface area contributed by atoms with Crippen LogP contribution in [0.5, 0.6) is 0 Å². The van der Waals surface area contributed by atoms with E-state index in [0.717, 1.165) is 45.2 Å². The van der Waals surface area contributed by atoms with Crippen LogP contribution in [-0.4, -0.2) is 60.8 Å². The summed E-state index contributed by atoms with van der Waals surface area (Å²) in [6.45, 7) is 2.78. The summed E-state index contributed by atoms with van der Waals surface area (Å²) in [6, 6.07) is -1.07. The molecule has 0 aromatic rings. The molecule has 0 radical (unpaired) electrons. The molecule has 2 aliphatic heterocycles. The minimum absolute atomic E-state index is 0.0669. The molecule has 6 N–H and O–H groups in total. The Kier molecular flexibility index (Phi) is 7.20. The zero-order valence-electron chi connectivity index (χ0n) is 16.1. The summed E-state index contributed by atoms with van der Waals surface area (Å²) in [5, 5.41) is 5.46. The van der Waals surface area contributed by atoms with E-state index in [2.05, 4.69) is 15.7 Å². The highest BCUT2D eigenvalue weighted by molar-refractivity contribution is 5.92. The van der Waals surface area contributed by atoms with Crippen molar-refractivity contribution in [3.8, 4) is 0 Å². The molecular formula is C19H34N6O2. The molecular weight excluding hydrogens is 344 g/mol. The van der Waals surface area contributed by atoms with Gasteiger partial charge in [-0.3, -0.25) is 4.79 Å². The second-order valence-electron chi connectivity index (χ2n) is 8.19. The van der Waals surface area contributed by atoms with Gasteiger partial charge in [0.05, 0.1) is 12.1 Å². The molecule has 3 rings (SSSR count). The molecule has 1 saturated carbocycles. The van der Waals surface area contributed by atoms with Gasteiger partial charge in [0.25, 0.3) is 0 Å². The monoisotopic (exact) mass is 378 g/mol. The van der Waals surface area contributed by atoms with Crippen molar-refractivity contribution >= 4 is 18.0 Å². The second kappa shape index (κ2) is 9.61. The number of carbonyl (C=O) groups excluding carboxylic acids is 2. The number of Topliss-reactive ketones (excluding diaryl/α,β-unsaturated/α-hetero) is 1. The van der Waals surface area contributed by atoms with Crippen LogP contribution in [0, 0.1) is 11.8 Å². The van der Waals surface area contributed by atoms with Crippen molar-refractivity contribution in [1.82, 2.24) is 15.8 Å². The number of ketones is 1. The zero-order chi connectivity index (χ0) is 19.2. The summed E-state index contributed by atoms with van der Waals surface area (Å²) in [7, 11) is 0. The predicted octanol–water partition coefficient (Wildman–Crippen LogP) is -0.0762. The fourth-order valence-corrected chi connectivity index (χ4v) is 4.76. The highest BCUT2D eigenvalue weighted by Crippen LogP contribution is 2.37. The van der Waals surface area contributed by atoms with Crippen molar-refractivity contribution in [3.63, 3.8) is 0 Å². The number of rotatable bonds is 9. The number of piperidine rings is 1. The van der Waals surface area contributed by atoms with Crippen LogP contribution < -0.4 is 22.2 Å². The first-order valence-electron chi connectivity index (χ1n) is 10.4. The number of aldehydes is 1. The van der Waals surface area contributed by atoms with Gasteiger partial charge in [-0.2, -0.15) is 0 Å². The fraction of sp³-hybridized carbons (Fsp3) is 0.842. The SMILES string of the molecule is NC(N)=NC(CC[C@@H](C=O)NN1CCC1)C(=O)C1NCCC2CCCCC21. The van der Waals surface area contributed by atoms with Crippen molar-refractivity contribution < 1.29 is 9.59 Å². The number of hydrazine groups is 1. The number of nitrogens with one attached hydrogen (secondary N) is 2. The quantitative estimate of drug-likeness (QED) is 0.251. The standard InChI is InChI=1S/C19H34N6O2/c20-19(21)23-16(7-6-14(12-26)24-25-10-3-11-25)18(27)17-15-5-2-1-4-13(15)8-9-22-17/h12-17,22,24H,1-11H2,(H4,20,21,23)/t13?,14-,15?,16?,17?/m0/s1. The number of nitrogens with two attached hydrogens (primary N) is 2. The third kappa shape index (κ3) is 5.27. The molecule has 8 nitrogen and oxygen atoms in total. The van der Waals surface area contributed by atoms with Gasteiger partial charge in [0.15, 0.2) is 11.7 Å². The van der Waals surface area contributed by atoms with Gasteiger partial charge in [-0.05, 0) is 50.5 Å². The normalized spacial score (nSPS) is 30.4. The number of carbonyl (C=O) groups is 2. The van der Waals surface area contributed by atoms with Crippen LogP contribution in [0.1, 0.15) is 51.4 Å². The van der Waals surface area contributed by atoms with E-state index in [9.17, 15) is 9.59 Å². The molecule has 2 saturated heterocycles. The third-order valence-corrected chi connectivity index (χ3v) is 6.34. The first-order chi connectivity index (χ1) is 13.1. The van der Waals surface area contributed by atoms with E-state index in [1.807, 2.05) is 5.01 Å². The van der Waals surface area contributed by atoms with Crippen LogP contribution in [0.4, 0.5) is 0 Å². The molecule has 5 atom stereocenters. The predicted molar refractivity (Wildman–Crippen MR) is 105 cm³/mol. The van der Waals surface area contributed by atoms with Crippen molar-refractivity contribution in [1.29, 1.82) is 0 Å². The van der Waals surface area contributed by atoms with Gasteiger partial charge < -0.3 is 21.6 Å². The Morgan fingerprint density at radius 2 is 1.96 bits per heavy atom. The maximum absolute atomic E-state index is 13.3. The van der Waals surface area contributed by atoms with Gasteiger partial charge in [0.2, 0.25) is 0 Å². The first-order valence-corrected chi connectivity index (χ1v) is 10.4. The van der Waals surface area contributed by atoms with Crippen LogP contribution in [0.3, 0.4) is 0 Å². The fourth-order valence-electron chi connectivity index (χ4n) is 4.76. The molecule has 0 amide bonds. The molecule has 27 heavy (non-hydrogen) atoms. The average Bonchev–Trinajstić information content (AvgIpc) is 2.64. The number of nitrogens with zero attached hydrogens (tertiary/aromatic N) is 2. The minimum Gasteiger partial charge on any atom is -0.370 e. The summed E-state index contributed by atoms with van der Waals surface area (Å²) >= 11 is 0. The van der Waals surface area contributed by atoms with Crippen molar-refractivity contribution in [2.45, 2.75) is 69.5 Å². The van der Waals surface area contributed by atoms with E-state index < -0.39 is 6.04 Å². The average molecular weight is 379 g/mol. The number of hydrogen-bond donors (Lipinski definition) is 4. The minimum atomic E-state index is -0.589. The number of aliphatic imine (C=N–C) groups is 1. The van der Waals surface area contributed by atoms with Gasteiger partial charge >= 0.3 is 0 Å². The Labute approximate surface area is 161 Å². The maximum atomic E-state index is 13.3.